The number of nitrogens with zero attached hydrogens (tertiary/aromatic N) is 3. The zero-order valence-electron chi connectivity index (χ0n) is 13.4. The molecule has 0 aliphatic heterocycles. The maximum absolute atomic E-state index is 10.4. The first-order valence-electron chi connectivity index (χ1n) is 8.36. The maximum atomic E-state index is 10.4. The van der Waals surface area contributed by atoms with Crippen molar-refractivity contribution in [3.63, 3.8) is 0 Å². The number of hydrogen-bond donors (Lipinski definition) is 2. The highest BCUT2D eigenvalue weighted by Gasteiger charge is 2.28. The van der Waals surface area contributed by atoms with Crippen LogP contribution in [0, 0.1) is 0 Å². The van der Waals surface area contributed by atoms with Crippen molar-refractivity contribution >= 4 is 0 Å². The molecule has 0 saturated heterocycles. The topological polar surface area (TPSA) is 61.5 Å². The van der Waals surface area contributed by atoms with Crippen LogP contribution in [-0.4, -0.2) is 50.7 Å². The molecule has 0 fully saturated rings. The first-order valence-corrected chi connectivity index (χ1v) is 8.36. The number of aryl methyl sites for hydroxylation is 1. The molecule has 0 radical (unpaired) electrons. The van der Waals surface area contributed by atoms with Gasteiger partial charge in [-0.15, -0.1) is 0 Å². The fourth-order valence-electron chi connectivity index (χ4n) is 3.51. The van der Waals surface area contributed by atoms with E-state index < -0.39 is 6.10 Å². The Balaban J connectivity index is 1.68. The number of benzene rings is 1. The lowest BCUT2D eigenvalue weighted by molar-refractivity contribution is 0.0683. The lowest BCUT2D eigenvalue weighted by Gasteiger charge is -2.31. The molecule has 1 aromatic heterocycles. The van der Waals surface area contributed by atoms with E-state index in [-0.39, 0.29) is 6.61 Å². The predicted molar refractivity (Wildman–Crippen MR) is 89.0 cm³/mol. The molecule has 3 rings (SSSR count). The molecule has 0 bridgehead atoms. The van der Waals surface area contributed by atoms with Gasteiger partial charge in [-0.05, 0) is 36.5 Å². The summed E-state index contributed by atoms with van der Waals surface area (Å²) >= 11 is 0. The van der Waals surface area contributed by atoms with Crippen LogP contribution < -0.4 is 0 Å². The van der Waals surface area contributed by atoms with E-state index in [2.05, 4.69) is 34.3 Å². The molecule has 5 nitrogen and oxygen atoms in total. The third-order valence-electron chi connectivity index (χ3n) is 4.55. The van der Waals surface area contributed by atoms with E-state index in [9.17, 15) is 10.2 Å². The minimum Gasteiger partial charge on any atom is -0.396 e. The van der Waals surface area contributed by atoms with Crippen LogP contribution in [0.3, 0.4) is 0 Å². The van der Waals surface area contributed by atoms with Crippen LogP contribution >= 0.6 is 0 Å². The lowest BCUT2D eigenvalue weighted by atomic mass is 10.1. The van der Waals surface area contributed by atoms with Gasteiger partial charge in [-0.25, -0.2) is 0 Å². The molecular weight excluding hydrogens is 290 g/mol. The molecule has 2 N–H and O–H groups in total. The van der Waals surface area contributed by atoms with Crippen molar-refractivity contribution in [1.82, 2.24) is 14.7 Å². The van der Waals surface area contributed by atoms with Crippen molar-refractivity contribution in [1.29, 1.82) is 0 Å². The third kappa shape index (κ3) is 3.99. The maximum Gasteiger partial charge on any atom is 0.0862 e. The molecule has 0 saturated carbocycles. The summed E-state index contributed by atoms with van der Waals surface area (Å²) in [6, 6.07) is 10.8. The van der Waals surface area contributed by atoms with E-state index in [1.165, 1.54) is 11.1 Å². The second-order valence-corrected chi connectivity index (χ2v) is 6.21. The summed E-state index contributed by atoms with van der Waals surface area (Å²) in [6.07, 6.45) is 6.02. The van der Waals surface area contributed by atoms with Crippen LogP contribution in [0.15, 0.2) is 42.7 Å². The second kappa shape index (κ2) is 7.73. The Labute approximate surface area is 137 Å². The van der Waals surface area contributed by atoms with Gasteiger partial charge in [0.15, 0.2) is 0 Å². The smallest absolute Gasteiger partial charge is 0.0862 e. The lowest BCUT2D eigenvalue weighted by Crippen LogP contribution is -2.38. The number of rotatable bonds is 8. The van der Waals surface area contributed by atoms with Crippen molar-refractivity contribution in [2.24, 2.45) is 0 Å². The second-order valence-electron chi connectivity index (χ2n) is 6.21. The standard InChI is InChI=1S/C18H25N3O2/c22-12-4-10-20(13-16(23)14-21-11-3-9-19-21)18-8-7-15-5-1-2-6-17(15)18/h1-3,5-6,9,11,16,18,22-23H,4,7-8,10,12-14H2/t16-,18+/m1/s1. The summed E-state index contributed by atoms with van der Waals surface area (Å²) in [5.74, 6) is 0. The predicted octanol–water partition coefficient (Wildman–Crippen LogP) is 1.62. The zero-order valence-corrected chi connectivity index (χ0v) is 13.4. The molecule has 0 amide bonds. The van der Waals surface area contributed by atoms with Gasteiger partial charge in [-0.1, -0.05) is 24.3 Å². The molecule has 2 atom stereocenters. The number of aromatic nitrogens is 2. The summed E-state index contributed by atoms with van der Waals surface area (Å²) in [5.41, 5.74) is 2.78. The molecule has 1 aliphatic carbocycles. The van der Waals surface area contributed by atoms with Crippen LogP contribution in [-0.2, 0) is 13.0 Å². The first kappa shape index (κ1) is 16.2. The Kier molecular flexibility index (Phi) is 5.43. The fourth-order valence-corrected chi connectivity index (χ4v) is 3.51. The van der Waals surface area contributed by atoms with Gasteiger partial charge in [0.1, 0.15) is 0 Å². The molecule has 124 valence electrons. The normalized spacial score (nSPS) is 18.3. The molecule has 0 spiro atoms. The van der Waals surface area contributed by atoms with Crippen LogP contribution in [0.5, 0.6) is 0 Å². The van der Waals surface area contributed by atoms with E-state index in [0.717, 1.165) is 25.8 Å². The molecule has 1 heterocycles. The van der Waals surface area contributed by atoms with E-state index in [1.807, 2.05) is 12.3 Å². The van der Waals surface area contributed by atoms with Crippen LogP contribution in [0.1, 0.15) is 30.0 Å². The van der Waals surface area contributed by atoms with E-state index in [0.29, 0.717) is 19.1 Å². The van der Waals surface area contributed by atoms with Gasteiger partial charge in [-0.2, -0.15) is 5.10 Å². The van der Waals surface area contributed by atoms with E-state index >= 15 is 0 Å². The number of hydrogen-bond acceptors (Lipinski definition) is 4. The van der Waals surface area contributed by atoms with Crippen LogP contribution in [0.4, 0.5) is 0 Å². The van der Waals surface area contributed by atoms with Gasteiger partial charge in [0, 0.05) is 38.1 Å². The van der Waals surface area contributed by atoms with Gasteiger partial charge in [0.25, 0.3) is 0 Å². The van der Waals surface area contributed by atoms with Crippen LogP contribution in [0.25, 0.3) is 0 Å². The summed E-state index contributed by atoms with van der Waals surface area (Å²) < 4.78 is 1.76. The van der Waals surface area contributed by atoms with Gasteiger partial charge >= 0.3 is 0 Å². The minimum absolute atomic E-state index is 0.181. The molecule has 1 aliphatic rings. The first-order chi connectivity index (χ1) is 11.3. The highest BCUT2D eigenvalue weighted by atomic mass is 16.3. The molecular formula is C18H25N3O2. The monoisotopic (exact) mass is 315 g/mol. The summed E-state index contributed by atoms with van der Waals surface area (Å²) in [4.78, 5) is 2.32. The molecule has 1 aromatic carbocycles. The van der Waals surface area contributed by atoms with Crippen molar-refractivity contribution in [3.8, 4) is 0 Å². The Hall–Kier alpha value is -1.69. The zero-order chi connectivity index (χ0) is 16.1. The third-order valence-corrected chi connectivity index (χ3v) is 4.55. The molecule has 0 unspecified atom stereocenters. The number of aliphatic hydroxyl groups excluding tert-OH is 2. The average Bonchev–Trinajstić information content (AvgIpc) is 3.20. The summed E-state index contributed by atoms with van der Waals surface area (Å²) in [6.45, 7) is 2.07. The van der Waals surface area contributed by atoms with Crippen LogP contribution in [0.2, 0.25) is 0 Å². The Bertz CT molecular complexity index is 600. The highest BCUT2D eigenvalue weighted by molar-refractivity contribution is 5.34. The quantitative estimate of drug-likeness (QED) is 0.777. The minimum atomic E-state index is -0.471. The number of aliphatic hydroxyl groups is 2. The molecule has 5 heteroatoms. The van der Waals surface area contributed by atoms with Gasteiger partial charge in [0.05, 0.1) is 12.6 Å². The number of fused-ring (bicyclic) bond motifs is 1. The van der Waals surface area contributed by atoms with E-state index in [4.69, 9.17) is 0 Å². The summed E-state index contributed by atoms with van der Waals surface area (Å²) in [5, 5.41) is 23.8. The molecule has 2 aromatic rings. The highest BCUT2D eigenvalue weighted by Crippen LogP contribution is 2.35. The largest absolute Gasteiger partial charge is 0.396 e. The van der Waals surface area contributed by atoms with E-state index in [1.54, 1.807) is 10.9 Å². The Morgan fingerprint density at radius 3 is 2.96 bits per heavy atom. The Morgan fingerprint density at radius 2 is 2.17 bits per heavy atom. The van der Waals surface area contributed by atoms with Crippen molar-refractivity contribution in [2.45, 2.75) is 38.0 Å². The average molecular weight is 315 g/mol. The van der Waals surface area contributed by atoms with Crippen molar-refractivity contribution in [3.05, 3.63) is 53.9 Å². The Morgan fingerprint density at radius 1 is 1.30 bits per heavy atom. The molecule has 23 heavy (non-hydrogen) atoms. The van der Waals surface area contributed by atoms with Crippen molar-refractivity contribution < 1.29 is 10.2 Å². The van der Waals surface area contributed by atoms with Gasteiger partial charge in [0.2, 0.25) is 0 Å². The van der Waals surface area contributed by atoms with Gasteiger partial charge in [-0.3, -0.25) is 9.58 Å². The van der Waals surface area contributed by atoms with Gasteiger partial charge < -0.3 is 10.2 Å². The summed E-state index contributed by atoms with van der Waals surface area (Å²) in [7, 11) is 0. The van der Waals surface area contributed by atoms with Crippen molar-refractivity contribution in [2.75, 3.05) is 19.7 Å². The fraction of sp³-hybridized carbons (Fsp3) is 0.500. The SMILES string of the molecule is OCCCN(C[C@@H](O)Cn1cccn1)[C@H]1CCc2ccccc21.